The van der Waals surface area contributed by atoms with Crippen LogP contribution in [-0.4, -0.2) is 34.3 Å². The quantitative estimate of drug-likeness (QED) is 0.664. The lowest BCUT2D eigenvalue weighted by atomic mass is 10.2. The third-order valence-electron chi connectivity index (χ3n) is 4.21. The molecule has 2 atom stereocenters. The van der Waals surface area contributed by atoms with Crippen molar-refractivity contribution in [2.75, 3.05) is 6.54 Å². The van der Waals surface area contributed by atoms with E-state index < -0.39 is 18.1 Å². The van der Waals surface area contributed by atoms with Crippen molar-refractivity contribution >= 4 is 27.8 Å². The number of carboxylic acids is 1. The van der Waals surface area contributed by atoms with Crippen molar-refractivity contribution in [3.05, 3.63) is 48.5 Å². The number of carbonyl (C=O) groups excluding carboxylic acids is 1. The summed E-state index contributed by atoms with van der Waals surface area (Å²) in [6, 6.07) is 15.5. The van der Waals surface area contributed by atoms with Gasteiger partial charge in [-0.15, -0.1) is 0 Å². The van der Waals surface area contributed by atoms with Gasteiger partial charge in [-0.1, -0.05) is 36.4 Å². The summed E-state index contributed by atoms with van der Waals surface area (Å²) in [6.45, 7) is 2.29. The SMILES string of the molecule is C[C@@H]([NH2+]C[C@@H](O)Cn1c2ccccc2c2ccccc21)C(=O)[O-]. The number of aliphatic hydroxyl groups is 1. The van der Waals surface area contributed by atoms with E-state index in [1.54, 1.807) is 12.2 Å². The summed E-state index contributed by atoms with van der Waals surface area (Å²) >= 11 is 0. The van der Waals surface area contributed by atoms with Crippen LogP contribution < -0.4 is 10.4 Å². The van der Waals surface area contributed by atoms with Crippen LogP contribution in [0.5, 0.6) is 0 Å². The van der Waals surface area contributed by atoms with Gasteiger partial charge in [-0.25, -0.2) is 0 Å². The number of carboxylic acid groups (broad SMARTS) is 1. The van der Waals surface area contributed by atoms with Crippen LogP contribution in [-0.2, 0) is 11.3 Å². The van der Waals surface area contributed by atoms with E-state index in [9.17, 15) is 15.0 Å². The highest BCUT2D eigenvalue weighted by Crippen LogP contribution is 2.28. The minimum Gasteiger partial charge on any atom is -0.544 e. The van der Waals surface area contributed by atoms with E-state index in [4.69, 9.17) is 0 Å². The van der Waals surface area contributed by atoms with Crippen molar-refractivity contribution in [1.29, 1.82) is 0 Å². The molecule has 0 aliphatic carbocycles. The molecule has 5 heteroatoms. The molecule has 5 nitrogen and oxygen atoms in total. The molecular formula is C18H20N2O3. The summed E-state index contributed by atoms with van der Waals surface area (Å²) in [7, 11) is 0. The van der Waals surface area contributed by atoms with Crippen LogP contribution in [0.1, 0.15) is 6.92 Å². The fourth-order valence-electron chi connectivity index (χ4n) is 2.94. The number of benzene rings is 2. The van der Waals surface area contributed by atoms with E-state index >= 15 is 0 Å². The van der Waals surface area contributed by atoms with Crippen LogP contribution in [0, 0.1) is 0 Å². The highest BCUT2D eigenvalue weighted by molar-refractivity contribution is 6.07. The van der Waals surface area contributed by atoms with Crippen LogP contribution in [0.2, 0.25) is 0 Å². The summed E-state index contributed by atoms with van der Waals surface area (Å²) in [5.41, 5.74) is 2.14. The van der Waals surface area contributed by atoms with Crippen LogP contribution in [0.3, 0.4) is 0 Å². The normalized spacial score (nSPS) is 14.2. The van der Waals surface area contributed by atoms with Gasteiger partial charge in [0.1, 0.15) is 18.7 Å². The van der Waals surface area contributed by atoms with Crippen molar-refractivity contribution in [1.82, 2.24) is 4.57 Å². The first-order valence-electron chi connectivity index (χ1n) is 7.76. The molecule has 0 fully saturated rings. The van der Waals surface area contributed by atoms with Gasteiger partial charge < -0.3 is 24.9 Å². The molecule has 3 N–H and O–H groups in total. The largest absolute Gasteiger partial charge is 0.544 e. The average molecular weight is 312 g/mol. The van der Waals surface area contributed by atoms with Gasteiger partial charge in [-0.2, -0.15) is 0 Å². The molecule has 3 aromatic rings. The van der Waals surface area contributed by atoms with Gasteiger partial charge in [0.15, 0.2) is 0 Å². The minimum absolute atomic E-state index is 0.315. The highest BCUT2D eigenvalue weighted by Gasteiger charge is 2.15. The molecule has 1 heterocycles. The Bertz CT molecular complexity index is 787. The second-order valence-corrected chi connectivity index (χ2v) is 5.88. The van der Waals surface area contributed by atoms with Gasteiger partial charge in [0.2, 0.25) is 0 Å². The molecule has 120 valence electrons. The lowest BCUT2D eigenvalue weighted by Gasteiger charge is -2.16. The number of carbonyl (C=O) groups is 1. The van der Waals surface area contributed by atoms with Crippen LogP contribution in [0.4, 0.5) is 0 Å². The summed E-state index contributed by atoms with van der Waals surface area (Å²) in [4.78, 5) is 10.7. The molecule has 1 aromatic heterocycles. The number of aromatic nitrogens is 1. The Labute approximate surface area is 134 Å². The lowest BCUT2D eigenvalue weighted by Crippen LogP contribution is -2.94. The Balaban J connectivity index is 1.88. The second kappa shape index (κ2) is 6.40. The highest BCUT2D eigenvalue weighted by atomic mass is 16.4. The number of nitrogens with zero attached hydrogens (tertiary/aromatic N) is 1. The predicted molar refractivity (Wildman–Crippen MR) is 86.7 cm³/mol. The zero-order chi connectivity index (χ0) is 16.4. The number of hydrogen-bond acceptors (Lipinski definition) is 3. The number of aliphatic hydroxyl groups excluding tert-OH is 1. The Morgan fingerprint density at radius 2 is 1.65 bits per heavy atom. The Hall–Kier alpha value is -2.37. The number of aliphatic carboxylic acids is 1. The number of nitrogens with two attached hydrogens (primary N) is 1. The summed E-state index contributed by atoms with van der Waals surface area (Å²) in [6.07, 6.45) is -0.643. The van der Waals surface area contributed by atoms with Gasteiger partial charge in [-0.3, -0.25) is 0 Å². The van der Waals surface area contributed by atoms with Gasteiger partial charge in [0, 0.05) is 21.8 Å². The van der Waals surface area contributed by atoms with E-state index in [-0.39, 0.29) is 0 Å². The molecule has 0 unspecified atom stereocenters. The number of hydrogen-bond donors (Lipinski definition) is 2. The van der Waals surface area contributed by atoms with Crippen molar-refractivity contribution in [2.24, 2.45) is 0 Å². The molecule has 0 amide bonds. The van der Waals surface area contributed by atoms with Gasteiger partial charge >= 0.3 is 0 Å². The first-order valence-corrected chi connectivity index (χ1v) is 7.76. The maximum atomic E-state index is 10.7. The van der Waals surface area contributed by atoms with Gasteiger partial charge in [-0.05, 0) is 19.1 Å². The fourth-order valence-corrected chi connectivity index (χ4v) is 2.94. The Kier molecular flexibility index (Phi) is 4.32. The van der Waals surface area contributed by atoms with Crippen molar-refractivity contribution in [3.63, 3.8) is 0 Å². The third-order valence-corrected chi connectivity index (χ3v) is 4.21. The van der Waals surface area contributed by atoms with E-state index in [2.05, 4.69) is 16.7 Å². The average Bonchev–Trinajstić information content (AvgIpc) is 2.87. The Morgan fingerprint density at radius 3 is 2.17 bits per heavy atom. The minimum atomic E-state index is -1.12. The van der Waals surface area contributed by atoms with Crippen molar-refractivity contribution < 1.29 is 20.3 Å². The van der Waals surface area contributed by atoms with E-state index in [1.807, 2.05) is 36.4 Å². The molecule has 0 aliphatic rings. The summed E-state index contributed by atoms with van der Waals surface area (Å²) < 4.78 is 2.09. The molecular weight excluding hydrogens is 292 g/mol. The number of quaternary nitrogens is 1. The molecule has 3 rings (SSSR count). The number of fused-ring (bicyclic) bond motifs is 3. The van der Waals surface area contributed by atoms with Gasteiger partial charge in [0.25, 0.3) is 0 Å². The van der Waals surface area contributed by atoms with Crippen molar-refractivity contribution in [3.8, 4) is 0 Å². The molecule has 0 radical (unpaired) electrons. The monoisotopic (exact) mass is 312 g/mol. The third kappa shape index (κ3) is 3.06. The molecule has 0 spiro atoms. The first kappa shape index (κ1) is 15.5. The van der Waals surface area contributed by atoms with Crippen LogP contribution in [0.25, 0.3) is 21.8 Å². The van der Waals surface area contributed by atoms with E-state index in [0.717, 1.165) is 21.8 Å². The zero-order valence-electron chi connectivity index (χ0n) is 13.0. The second-order valence-electron chi connectivity index (χ2n) is 5.88. The summed E-state index contributed by atoms with van der Waals surface area (Å²) in [5, 5.41) is 25.0. The molecule has 0 aliphatic heterocycles. The molecule has 0 saturated heterocycles. The van der Waals surface area contributed by atoms with Crippen LogP contribution in [0.15, 0.2) is 48.5 Å². The fraction of sp³-hybridized carbons (Fsp3) is 0.278. The number of para-hydroxylation sites is 2. The molecule has 0 saturated carbocycles. The van der Waals surface area contributed by atoms with Crippen LogP contribution >= 0.6 is 0 Å². The zero-order valence-corrected chi connectivity index (χ0v) is 13.0. The maximum absolute atomic E-state index is 10.7. The standard InChI is InChI=1S/C18H20N2O3/c1-12(18(22)23)19-10-13(21)11-20-16-8-4-2-6-14(16)15-7-3-5-9-17(15)20/h2-9,12-13,19,21H,10-11H2,1H3,(H,22,23)/t12-,13-/m1/s1. The van der Waals surface area contributed by atoms with Gasteiger partial charge in [0.05, 0.1) is 12.5 Å². The predicted octanol–water partition coefficient (Wildman–Crippen LogP) is -0.143. The topological polar surface area (TPSA) is 81.9 Å². The lowest BCUT2D eigenvalue weighted by molar-refractivity contribution is -0.685. The van der Waals surface area contributed by atoms with E-state index in [0.29, 0.717) is 13.1 Å². The molecule has 0 bridgehead atoms. The van der Waals surface area contributed by atoms with Crippen molar-refractivity contribution in [2.45, 2.75) is 25.6 Å². The summed E-state index contributed by atoms with van der Waals surface area (Å²) in [5.74, 6) is -1.12. The molecule has 23 heavy (non-hydrogen) atoms. The van der Waals surface area contributed by atoms with E-state index in [1.165, 1.54) is 0 Å². The molecule has 2 aromatic carbocycles. The Morgan fingerprint density at radius 1 is 1.13 bits per heavy atom. The maximum Gasteiger partial charge on any atom is 0.123 e. The smallest absolute Gasteiger partial charge is 0.123 e. The first-order chi connectivity index (χ1) is 11.1. The number of rotatable bonds is 6.